The molecule has 22 heavy (non-hydrogen) atoms. The Hall–Kier alpha value is -2.15. The second-order valence-electron chi connectivity index (χ2n) is 5.00. The topological polar surface area (TPSA) is 66.6 Å². The van der Waals surface area contributed by atoms with Gasteiger partial charge in [-0.2, -0.15) is 0 Å². The summed E-state index contributed by atoms with van der Waals surface area (Å²) in [7, 11) is 0. The van der Waals surface area contributed by atoms with Crippen LogP contribution >= 0.6 is 15.9 Å². The lowest BCUT2D eigenvalue weighted by Crippen LogP contribution is -2.21. The van der Waals surface area contributed by atoms with E-state index < -0.39 is 11.8 Å². The third-order valence-corrected chi connectivity index (χ3v) is 4.05. The van der Waals surface area contributed by atoms with E-state index >= 15 is 0 Å². The van der Waals surface area contributed by atoms with E-state index in [1.165, 1.54) is 12.1 Å². The first-order chi connectivity index (χ1) is 10.5. The van der Waals surface area contributed by atoms with E-state index in [1.807, 2.05) is 4.57 Å². The Bertz CT molecular complexity index is 845. The molecule has 0 amide bonds. The Balaban J connectivity index is 2.29. The maximum atomic E-state index is 14.0. The second-order valence-corrected chi connectivity index (χ2v) is 5.91. The first-order valence-electron chi connectivity index (χ1n) is 6.68. The highest BCUT2D eigenvalue weighted by atomic mass is 79.9. The van der Waals surface area contributed by atoms with Gasteiger partial charge in [-0.1, -0.05) is 15.9 Å². The van der Waals surface area contributed by atoms with Crippen molar-refractivity contribution in [2.24, 2.45) is 4.99 Å². The molecule has 0 atom stereocenters. The zero-order chi connectivity index (χ0) is 15.9. The Kier molecular flexibility index (Phi) is 3.74. The minimum absolute atomic E-state index is 0.0623. The SMILES string of the molecule is Cc1c2n(cc(C(=O)O)c1=Nc1ccc(Br)cc1F)CCN2. The van der Waals surface area contributed by atoms with Crippen molar-refractivity contribution in [3.63, 3.8) is 0 Å². The number of hydrogen-bond acceptors (Lipinski definition) is 3. The summed E-state index contributed by atoms with van der Waals surface area (Å²) < 4.78 is 16.4. The van der Waals surface area contributed by atoms with Gasteiger partial charge in [0.25, 0.3) is 0 Å². The van der Waals surface area contributed by atoms with Crippen LogP contribution in [0.2, 0.25) is 0 Å². The van der Waals surface area contributed by atoms with Crippen LogP contribution in [0, 0.1) is 12.7 Å². The van der Waals surface area contributed by atoms with Crippen LogP contribution in [0.5, 0.6) is 0 Å². The van der Waals surface area contributed by atoms with Gasteiger partial charge in [-0.25, -0.2) is 14.2 Å². The van der Waals surface area contributed by atoms with Gasteiger partial charge in [0, 0.05) is 29.3 Å². The number of hydrogen-bond donors (Lipinski definition) is 2. The predicted molar refractivity (Wildman–Crippen MR) is 83.9 cm³/mol. The highest BCUT2D eigenvalue weighted by molar-refractivity contribution is 9.10. The molecule has 0 fully saturated rings. The van der Waals surface area contributed by atoms with Crippen LogP contribution in [0.3, 0.4) is 0 Å². The van der Waals surface area contributed by atoms with Crippen molar-refractivity contribution in [1.29, 1.82) is 0 Å². The molecule has 2 N–H and O–H groups in total. The smallest absolute Gasteiger partial charge is 0.339 e. The molecule has 114 valence electrons. The zero-order valence-electron chi connectivity index (χ0n) is 11.7. The van der Waals surface area contributed by atoms with Gasteiger partial charge in [-0.05, 0) is 25.1 Å². The Morgan fingerprint density at radius 3 is 2.95 bits per heavy atom. The van der Waals surface area contributed by atoms with Crippen LogP contribution in [0.25, 0.3) is 0 Å². The Labute approximate surface area is 134 Å². The molecule has 0 bridgehead atoms. The molecule has 2 heterocycles. The molecule has 1 aromatic carbocycles. The van der Waals surface area contributed by atoms with Gasteiger partial charge in [0.05, 0.1) is 11.0 Å². The third-order valence-electron chi connectivity index (χ3n) is 3.56. The molecule has 0 spiro atoms. The second kappa shape index (κ2) is 5.57. The summed E-state index contributed by atoms with van der Waals surface area (Å²) in [5, 5.41) is 12.9. The van der Waals surface area contributed by atoms with Crippen molar-refractivity contribution in [3.05, 3.63) is 51.2 Å². The average molecular weight is 366 g/mol. The van der Waals surface area contributed by atoms with Crippen molar-refractivity contribution in [2.75, 3.05) is 11.9 Å². The number of nitrogens with one attached hydrogen (secondary N) is 1. The molecule has 1 aromatic heterocycles. The lowest BCUT2D eigenvalue weighted by atomic mass is 10.1. The van der Waals surface area contributed by atoms with Gasteiger partial charge in [0.1, 0.15) is 17.2 Å². The molecule has 0 aliphatic carbocycles. The number of benzene rings is 1. The van der Waals surface area contributed by atoms with Crippen LogP contribution in [-0.2, 0) is 6.54 Å². The molecule has 3 rings (SSSR count). The van der Waals surface area contributed by atoms with Gasteiger partial charge in [-0.15, -0.1) is 0 Å². The number of halogens is 2. The quantitative estimate of drug-likeness (QED) is 0.859. The lowest BCUT2D eigenvalue weighted by Gasteiger charge is -2.10. The number of nitrogens with zero attached hydrogens (tertiary/aromatic N) is 2. The maximum Gasteiger partial charge on any atom is 0.339 e. The molecule has 5 nitrogen and oxygen atoms in total. The first-order valence-corrected chi connectivity index (χ1v) is 7.47. The van der Waals surface area contributed by atoms with Crippen LogP contribution in [0.4, 0.5) is 15.9 Å². The van der Waals surface area contributed by atoms with E-state index in [1.54, 1.807) is 19.2 Å². The van der Waals surface area contributed by atoms with E-state index in [9.17, 15) is 14.3 Å². The molecule has 0 unspecified atom stereocenters. The number of rotatable bonds is 2. The highest BCUT2D eigenvalue weighted by Gasteiger charge is 2.18. The summed E-state index contributed by atoms with van der Waals surface area (Å²) in [5.74, 6) is -0.769. The summed E-state index contributed by atoms with van der Waals surface area (Å²) in [5.41, 5.74) is 0.865. The lowest BCUT2D eigenvalue weighted by molar-refractivity contribution is 0.0694. The molecular formula is C15H13BrFN3O2. The summed E-state index contributed by atoms with van der Waals surface area (Å²) in [6, 6.07) is 4.48. The molecule has 7 heteroatoms. The van der Waals surface area contributed by atoms with Gasteiger partial charge >= 0.3 is 5.97 Å². The number of aromatic nitrogens is 1. The average Bonchev–Trinajstić information content (AvgIpc) is 2.92. The number of carbonyl (C=O) groups is 1. The first kappa shape index (κ1) is 14.8. The fraction of sp³-hybridized carbons (Fsp3) is 0.200. The number of carboxylic acids is 1. The fourth-order valence-electron chi connectivity index (χ4n) is 2.51. The van der Waals surface area contributed by atoms with Crippen molar-refractivity contribution in [1.82, 2.24) is 4.57 Å². The normalized spacial score (nSPS) is 13.9. The van der Waals surface area contributed by atoms with E-state index in [-0.39, 0.29) is 16.6 Å². The van der Waals surface area contributed by atoms with Crippen LogP contribution in [-0.4, -0.2) is 22.2 Å². The number of carboxylic acid groups (broad SMARTS) is 1. The van der Waals surface area contributed by atoms with Crippen molar-refractivity contribution in [3.8, 4) is 0 Å². The summed E-state index contributed by atoms with van der Waals surface area (Å²) >= 11 is 3.19. The van der Waals surface area contributed by atoms with Gasteiger partial charge in [0.15, 0.2) is 0 Å². The predicted octanol–water partition coefficient (Wildman–Crippen LogP) is 3.05. The van der Waals surface area contributed by atoms with Gasteiger partial charge < -0.3 is 15.0 Å². The standard InChI is InChI=1S/C15H13BrFN3O2/c1-8-13(19-12-3-2-9(16)6-11(12)17)10(15(21)22)7-20-5-4-18-14(8)20/h2-3,6-7,18H,4-5H2,1H3,(H,21,22). The molecule has 1 aliphatic rings. The molecular weight excluding hydrogens is 353 g/mol. The number of fused-ring (bicyclic) bond motifs is 1. The largest absolute Gasteiger partial charge is 0.478 e. The molecule has 1 aliphatic heterocycles. The fourth-order valence-corrected chi connectivity index (χ4v) is 2.84. The minimum Gasteiger partial charge on any atom is -0.478 e. The monoisotopic (exact) mass is 365 g/mol. The van der Waals surface area contributed by atoms with Crippen LogP contribution in [0.1, 0.15) is 15.9 Å². The molecule has 0 saturated carbocycles. The Morgan fingerprint density at radius 1 is 1.50 bits per heavy atom. The van der Waals surface area contributed by atoms with E-state index in [0.29, 0.717) is 16.6 Å². The van der Waals surface area contributed by atoms with Crippen LogP contribution < -0.4 is 10.7 Å². The summed E-state index contributed by atoms with van der Waals surface area (Å²) in [4.78, 5) is 15.8. The number of aromatic carboxylic acids is 1. The zero-order valence-corrected chi connectivity index (χ0v) is 13.3. The minimum atomic E-state index is -1.08. The van der Waals surface area contributed by atoms with Gasteiger partial charge in [0.2, 0.25) is 0 Å². The molecule has 0 radical (unpaired) electrons. The van der Waals surface area contributed by atoms with Gasteiger partial charge in [-0.3, -0.25) is 0 Å². The van der Waals surface area contributed by atoms with E-state index in [2.05, 4.69) is 26.2 Å². The van der Waals surface area contributed by atoms with Crippen molar-refractivity contribution >= 4 is 33.4 Å². The van der Waals surface area contributed by atoms with Crippen molar-refractivity contribution < 1.29 is 14.3 Å². The summed E-state index contributed by atoms with van der Waals surface area (Å²) in [6.45, 7) is 3.21. The third kappa shape index (κ3) is 2.52. The van der Waals surface area contributed by atoms with Crippen LogP contribution in [0.15, 0.2) is 33.9 Å². The molecule has 0 saturated heterocycles. The number of pyridine rings is 1. The maximum absolute atomic E-state index is 14.0. The van der Waals surface area contributed by atoms with E-state index in [0.717, 1.165) is 12.4 Å². The van der Waals surface area contributed by atoms with E-state index in [4.69, 9.17) is 0 Å². The summed E-state index contributed by atoms with van der Waals surface area (Å²) in [6.07, 6.45) is 1.54. The highest BCUT2D eigenvalue weighted by Crippen LogP contribution is 2.23. The molecule has 2 aromatic rings. The Morgan fingerprint density at radius 2 is 2.27 bits per heavy atom. The van der Waals surface area contributed by atoms with Crippen molar-refractivity contribution in [2.45, 2.75) is 13.5 Å². The number of anilines is 1.